The maximum atomic E-state index is 13.1. The van der Waals surface area contributed by atoms with E-state index in [9.17, 15) is 13.2 Å². The van der Waals surface area contributed by atoms with Gasteiger partial charge in [0.2, 0.25) is 10.0 Å². The molecule has 0 saturated heterocycles. The van der Waals surface area contributed by atoms with E-state index < -0.39 is 10.0 Å². The Labute approximate surface area is 161 Å². The van der Waals surface area contributed by atoms with E-state index in [1.807, 2.05) is 29.7 Å². The number of rotatable bonds is 6. The van der Waals surface area contributed by atoms with Crippen molar-refractivity contribution in [1.29, 1.82) is 0 Å². The first-order valence-corrected chi connectivity index (χ1v) is 11.5. The Morgan fingerprint density at radius 2 is 1.85 bits per heavy atom. The molecule has 3 rings (SSSR count). The lowest BCUT2D eigenvalue weighted by molar-refractivity contribution is 0.314. The molecule has 2 aromatic rings. The van der Waals surface area contributed by atoms with Gasteiger partial charge in [-0.2, -0.15) is 0 Å². The van der Waals surface area contributed by atoms with E-state index in [-0.39, 0.29) is 17.6 Å². The minimum absolute atomic E-state index is 0.00615. The van der Waals surface area contributed by atoms with Crippen LogP contribution in [0.3, 0.4) is 0 Å². The topological polar surface area (TPSA) is 68.2 Å². The zero-order chi connectivity index (χ0) is 19.6. The number of pyridine rings is 1. The van der Waals surface area contributed by atoms with Crippen molar-refractivity contribution in [3.8, 4) is 0 Å². The van der Waals surface area contributed by atoms with E-state index in [2.05, 4.69) is 29.8 Å². The number of nitrogens with one attached hydrogen (secondary N) is 1. The van der Waals surface area contributed by atoms with Crippen LogP contribution in [0.4, 0.5) is 0 Å². The summed E-state index contributed by atoms with van der Waals surface area (Å²) in [4.78, 5) is 13.1. The van der Waals surface area contributed by atoms with Crippen LogP contribution in [0.25, 0.3) is 0 Å². The van der Waals surface area contributed by atoms with Gasteiger partial charge in [-0.3, -0.25) is 4.79 Å². The van der Waals surface area contributed by atoms with Gasteiger partial charge in [0.05, 0.1) is 12.3 Å². The number of aromatic nitrogens is 1. The van der Waals surface area contributed by atoms with Gasteiger partial charge in [0.1, 0.15) is 0 Å². The van der Waals surface area contributed by atoms with E-state index in [4.69, 9.17) is 0 Å². The van der Waals surface area contributed by atoms with E-state index in [0.717, 1.165) is 23.2 Å². The highest BCUT2D eigenvalue weighted by Crippen LogP contribution is 2.28. The van der Waals surface area contributed by atoms with Crippen LogP contribution >= 0.6 is 0 Å². The van der Waals surface area contributed by atoms with Crippen LogP contribution in [-0.4, -0.2) is 25.3 Å². The fourth-order valence-corrected chi connectivity index (χ4v) is 4.83. The minimum atomic E-state index is -3.36. The first-order chi connectivity index (χ1) is 12.8. The number of fused-ring (bicyclic) bond motifs is 1. The zero-order valence-electron chi connectivity index (χ0n) is 16.2. The normalized spacial score (nSPS) is 19.7. The van der Waals surface area contributed by atoms with Crippen LogP contribution in [-0.2, 0) is 35.7 Å². The quantitative estimate of drug-likeness (QED) is 0.827. The molecule has 1 N–H and O–H groups in total. The van der Waals surface area contributed by atoms with E-state index in [1.165, 1.54) is 11.8 Å². The van der Waals surface area contributed by atoms with Gasteiger partial charge < -0.3 is 4.57 Å². The highest BCUT2D eigenvalue weighted by Gasteiger charge is 2.32. The van der Waals surface area contributed by atoms with Crippen molar-refractivity contribution < 1.29 is 8.42 Å². The van der Waals surface area contributed by atoms with Crippen molar-refractivity contribution in [2.45, 2.75) is 58.0 Å². The molecule has 0 saturated carbocycles. The average molecular weight is 389 g/mol. The molecule has 1 aromatic carbocycles. The molecule has 2 unspecified atom stereocenters. The summed E-state index contributed by atoms with van der Waals surface area (Å²) < 4.78 is 28.5. The Morgan fingerprint density at radius 3 is 2.52 bits per heavy atom. The van der Waals surface area contributed by atoms with Gasteiger partial charge in [-0.05, 0) is 49.3 Å². The number of aryl methyl sites for hydroxylation is 3. The van der Waals surface area contributed by atoms with Crippen LogP contribution < -0.4 is 10.3 Å². The maximum Gasteiger partial charge on any atom is 0.254 e. The summed E-state index contributed by atoms with van der Waals surface area (Å²) in [5.74, 6) is 0. The third-order valence-corrected chi connectivity index (χ3v) is 6.11. The second kappa shape index (κ2) is 7.98. The van der Waals surface area contributed by atoms with Crippen LogP contribution in [0.5, 0.6) is 0 Å². The van der Waals surface area contributed by atoms with E-state index in [0.29, 0.717) is 25.7 Å². The van der Waals surface area contributed by atoms with Gasteiger partial charge in [0, 0.05) is 17.3 Å². The first kappa shape index (κ1) is 19.8. The summed E-state index contributed by atoms with van der Waals surface area (Å²) in [6.45, 7) is 4.08. The first-order valence-electron chi connectivity index (χ1n) is 9.60. The fraction of sp³-hybridized carbons (Fsp3) is 0.476. The lowest BCUT2D eigenvalue weighted by Crippen LogP contribution is -2.48. The lowest BCUT2D eigenvalue weighted by atomic mass is 9.90. The smallest absolute Gasteiger partial charge is 0.254 e. The van der Waals surface area contributed by atoms with Crippen molar-refractivity contribution in [3.05, 3.63) is 69.1 Å². The van der Waals surface area contributed by atoms with Gasteiger partial charge >= 0.3 is 0 Å². The second-order valence-corrected chi connectivity index (χ2v) is 9.14. The molecule has 0 spiro atoms. The molecular weight excluding hydrogens is 360 g/mol. The molecular formula is C21H28N2O3S. The zero-order valence-corrected chi connectivity index (χ0v) is 17.1. The Hall–Kier alpha value is -1.92. The SMILES string of the molecule is CCc1cccc(CC2C(NS(C)(=O)=O)CCc3ccc(CC)c(=O)n32)c1. The van der Waals surface area contributed by atoms with Crippen molar-refractivity contribution in [1.82, 2.24) is 9.29 Å². The molecule has 2 atom stereocenters. The molecule has 0 fully saturated rings. The van der Waals surface area contributed by atoms with Crippen molar-refractivity contribution >= 4 is 10.0 Å². The maximum absolute atomic E-state index is 13.1. The van der Waals surface area contributed by atoms with Crippen molar-refractivity contribution in [3.63, 3.8) is 0 Å². The molecule has 0 bridgehead atoms. The molecule has 1 aliphatic heterocycles. The fourth-order valence-electron chi connectivity index (χ4n) is 4.01. The lowest BCUT2D eigenvalue weighted by Gasteiger charge is -2.36. The number of hydrogen-bond acceptors (Lipinski definition) is 3. The minimum Gasteiger partial charge on any atom is -0.307 e. The summed E-state index contributed by atoms with van der Waals surface area (Å²) in [6, 6.07) is 11.7. The third kappa shape index (κ3) is 4.50. The van der Waals surface area contributed by atoms with Crippen molar-refractivity contribution in [2.75, 3.05) is 6.26 Å². The van der Waals surface area contributed by atoms with Crippen LogP contribution in [0.1, 0.15) is 48.7 Å². The van der Waals surface area contributed by atoms with Crippen molar-refractivity contribution in [2.24, 2.45) is 0 Å². The molecule has 0 aliphatic carbocycles. The summed E-state index contributed by atoms with van der Waals surface area (Å²) >= 11 is 0. The van der Waals surface area contributed by atoms with Gasteiger partial charge in [-0.25, -0.2) is 13.1 Å². The Morgan fingerprint density at radius 1 is 1.11 bits per heavy atom. The summed E-state index contributed by atoms with van der Waals surface area (Å²) in [5.41, 5.74) is 4.13. The molecule has 5 nitrogen and oxygen atoms in total. The monoisotopic (exact) mass is 388 g/mol. The summed E-state index contributed by atoms with van der Waals surface area (Å²) in [7, 11) is -3.36. The number of nitrogens with zero attached hydrogens (tertiary/aromatic N) is 1. The Balaban J connectivity index is 2.07. The molecule has 0 amide bonds. The highest BCUT2D eigenvalue weighted by molar-refractivity contribution is 7.88. The predicted octanol–water partition coefficient (Wildman–Crippen LogP) is 2.62. The Kier molecular flexibility index (Phi) is 5.86. The molecule has 0 radical (unpaired) electrons. The average Bonchev–Trinajstić information content (AvgIpc) is 2.63. The standard InChI is InChI=1S/C21H28N2O3S/c1-4-15-7-6-8-16(13-15)14-20-19(22-27(3,25)26)12-11-18-10-9-17(5-2)21(24)23(18)20/h6-10,13,19-20,22H,4-5,11-12,14H2,1-3H3. The molecule has 6 heteroatoms. The Bertz CT molecular complexity index is 979. The van der Waals surface area contributed by atoms with Gasteiger partial charge in [0.15, 0.2) is 0 Å². The molecule has 27 heavy (non-hydrogen) atoms. The molecule has 1 aliphatic rings. The van der Waals surface area contributed by atoms with Crippen LogP contribution in [0.2, 0.25) is 0 Å². The van der Waals surface area contributed by atoms with Crippen LogP contribution in [0, 0.1) is 0 Å². The number of sulfonamides is 1. The summed E-state index contributed by atoms with van der Waals surface area (Å²) in [6.07, 6.45) is 4.80. The highest BCUT2D eigenvalue weighted by atomic mass is 32.2. The van der Waals surface area contributed by atoms with Gasteiger partial charge in [-0.15, -0.1) is 0 Å². The molecule has 1 aromatic heterocycles. The summed E-state index contributed by atoms with van der Waals surface area (Å²) in [5, 5.41) is 0. The number of benzene rings is 1. The van der Waals surface area contributed by atoms with Gasteiger partial charge in [0.25, 0.3) is 5.56 Å². The van der Waals surface area contributed by atoms with E-state index in [1.54, 1.807) is 0 Å². The van der Waals surface area contributed by atoms with Gasteiger partial charge in [-0.1, -0.05) is 44.2 Å². The molecule has 2 heterocycles. The predicted molar refractivity (Wildman–Crippen MR) is 109 cm³/mol. The third-order valence-electron chi connectivity index (χ3n) is 5.38. The van der Waals surface area contributed by atoms with Crippen LogP contribution in [0.15, 0.2) is 41.2 Å². The van der Waals surface area contributed by atoms with E-state index >= 15 is 0 Å². The second-order valence-electron chi connectivity index (χ2n) is 7.36. The molecule has 146 valence electrons. The largest absolute Gasteiger partial charge is 0.307 e. The number of hydrogen-bond donors (Lipinski definition) is 1.